The number of hydrogen-bond donors (Lipinski definition) is 2. The van der Waals surface area contributed by atoms with Gasteiger partial charge in [0, 0.05) is 12.2 Å². The Hall–Kier alpha value is -1.94. The van der Waals surface area contributed by atoms with Crippen LogP contribution in [0.1, 0.15) is 23.1 Å². The highest BCUT2D eigenvalue weighted by Gasteiger charge is 2.10. The molecule has 0 saturated heterocycles. The summed E-state index contributed by atoms with van der Waals surface area (Å²) in [7, 11) is 0. The first-order chi connectivity index (χ1) is 10.2. The Balaban J connectivity index is 1.55. The van der Waals surface area contributed by atoms with E-state index >= 15 is 0 Å². The van der Waals surface area contributed by atoms with Gasteiger partial charge in [0.1, 0.15) is 5.82 Å². The molecule has 3 rings (SSSR count). The van der Waals surface area contributed by atoms with Crippen molar-refractivity contribution in [2.45, 2.75) is 25.8 Å². The van der Waals surface area contributed by atoms with Crippen LogP contribution in [-0.2, 0) is 19.4 Å². The van der Waals surface area contributed by atoms with Crippen molar-refractivity contribution in [2.75, 3.05) is 5.32 Å². The summed E-state index contributed by atoms with van der Waals surface area (Å²) in [5.41, 5.74) is 4.88. The molecule has 0 radical (unpaired) electrons. The fourth-order valence-corrected chi connectivity index (χ4v) is 2.80. The van der Waals surface area contributed by atoms with Crippen molar-refractivity contribution in [3.8, 4) is 0 Å². The van der Waals surface area contributed by atoms with Crippen LogP contribution in [-0.4, -0.2) is 5.11 Å². The van der Waals surface area contributed by atoms with E-state index in [9.17, 15) is 4.39 Å². The molecule has 2 aromatic rings. The summed E-state index contributed by atoms with van der Waals surface area (Å²) in [5, 5.41) is 6.91. The molecule has 0 saturated carbocycles. The number of rotatable bonds is 3. The molecule has 4 heteroatoms. The zero-order valence-electron chi connectivity index (χ0n) is 11.7. The van der Waals surface area contributed by atoms with Crippen molar-refractivity contribution < 1.29 is 4.39 Å². The van der Waals surface area contributed by atoms with Crippen LogP contribution >= 0.6 is 12.2 Å². The third-order valence-electron chi connectivity index (χ3n) is 3.72. The Morgan fingerprint density at radius 2 is 1.81 bits per heavy atom. The number of halogens is 1. The van der Waals surface area contributed by atoms with Crippen LogP contribution in [0, 0.1) is 5.82 Å². The van der Waals surface area contributed by atoms with E-state index in [1.807, 2.05) is 0 Å². The van der Waals surface area contributed by atoms with Gasteiger partial charge in [-0.3, -0.25) is 0 Å². The number of aryl methyl sites for hydroxylation is 2. The second-order valence-corrected chi connectivity index (χ2v) is 5.68. The van der Waals surface area contributed by atoms with Crippen molar-refractivity contribution in [1.29, 1.82) is 0 Å². The molecule has 0 bridgehead atoms. The highest BCUT2D eigenvalue weighted by atomic mass is 32.1. The molecule has 0 aromatic heterocycles. The monoisotopic (exact) mass is 300 g/mol. The maximum atomic E-state index is 12.8. The molecule has 0 unspecified atom stereocenters. The van der Waals surface area contributed by atoms with E-state index in [2.05, 4.69) is 28.8 Å². The second kappa shape index (κ2) is 6.22. The predicted molar refractivity (Wildman–Crippen MR) is 87.9 cm³/mol. The van der Waals surface area contributed by atoms with Gasteiger partial charge < -0.3 is 10.6 Å². The van der Waals surface area contributed by atoms with Crippen LogP contribution in [0.5, 0.6) is 0 Å². The molecule has 2 nitrogen and oxygen atoms in total. The largest absolute Gasteiger partial charge is 0.358 e. The number of fused-ring (bicyclic) bond motifs is 1. The number of benzene rings is 2. The molecule has 108 valence electrons. The SMILES string of the molecule is Fc1ccc(CNC(=S)Nc2ccc3c(c2)CCC3)cc1. The van der Waals surface area contributed by atoms with Gasteiger partial charge in [-0.15, -0.1) is 0 Å². The standard InChI is InChI=1S/C17H17FN2S/c18-15-7-4-12(5-8-15)11-19-17(21)20-16-9-6-13-2-1-3-14(13)10-16/h4-10H,1-3,11H2,(H2,19,20,21). The van der Waals surface area contributed by atoms with Gasteiger partial charge in [0.15, 0.2) is 5.11 Å². The molecule has 0 heterocycles. The van der Waals surface area contributed by atoms with Crippen molar-refractivity contribution in [3.63, 3.8) is 0 Å². The molecular formula is C17H17FN2S. The number of nitrogens with one attached hydrogen (secondary N) is 2. The van der Waals surface area contributed by atoms with E-state index in [-0.39, 0.29) is 5.82 Å². The number of hydrogen-bond acceptors (Lipinski definition) is 1. The van der Waals surface area contributed by atoms with Gasteiger partial charge in [0.2, 0.25) is 0 Å². The van der Waals surface area contributed by atoms with Gasteiger partial charge >= 0.3 is 0 Å². The highest BCUT2D eigenvalue weighted by molar-refractivity contribution is 7.80. The second-order valence-electron chi connectivity index (χ2n) is 5.27. The maximum absolute atomic E-state index is 12.8. The van der Waals surface area contributed by atoms with Gasteiger partial charge in [-0.05, 0) is 72.4 Å². The van der Waals surface area contributed by atoms with Crippen LogP contribution in [0.15, 0.2) is 42.5 Å². The normalized spacial score (nSPS) is 12.8. The van der Waals surface area contributed by atoms with Crippen LogP contribution < -0.4 is 10.6 Å². The molecule has 0 fully saturated rings. The van der Waals surface area contributed by atoms with E-state index in [0.717, 1.165) is 17.7 Å². The quantitative estimate of drug-likeness (QED) is 0.843. The Kier molecular flexibility index (Phi) is 4.15. The molecular weight excluding hydrogens is 283 g/mol. The highest BCUT2D eigenvalue weighted by Crippen LogP contribution is 2.24. The zero-order chi connectivity index (χ0) is 14.7. The molecule has 1 aliphatic rings. The van der Waals surface area contributed by atoms with E-state index in [4.69, 9.17) is 12.2 Å². The summed E-state index contributed by atoms with van der Waals surface area (Å²) in [6, 6.07) is 12.8. The van der Waals surface area contributed by atoms with Crippen molar-refractivity contribution in [2.24, 2.45) is 0 Å². The summed E-state index contributed by atoms with van der Waals surface area (Å²) in [6.45, 7) is 0.580. The minimum Gasteiger partial charge on any atom is -0.358 e. The molecule has 2 N–H and O–H groups in total. The lowest BCUT2D eigenvalue weighted by Crippen LogP contribution is -2.27. The zero-order valence-corrected chi connectivity index (χ0v) is 12.5. The Labute approximate surface area is 129 Å². The first kappa shape index (κ1) is 14.0. The molecule has 21 heavy (non-hydrogen) atoms. The molecule has 0 spiro atoms. The molecule has 2 aromatic carbocycles. The van der Waals surface area contributed by atoms with Crippen LogP contribution in [0.2, 0.25) is 0 Å². The minimum atomic E-state index is -0.224. The molecule has 1 aliphatic carbocycles. The third-order valence-corrected chi connectivity index (χ3v) is 3.97. The van der Waals surface area contributed by atoms with Crippen LogP contribution in [0.25, 0.3) is 0 Å². The molecule has 0 amide bonds. The maximum Gasteiger partial charge on any atom is 0.171 e. The average Bonchev–Trinajstić information content (AvgIpc) is 2.94. The van der Waals surface area contributed by atoms with Crippen molar-refractivity contribution in [3.05, 3.63) is 65.0 Å². The van der Waals surface area contributed by atoms with Gasteiger partial charge in [0.05, 0.1) is 0 Å². The van der Waals surface area contributed by atoms with E-state index in [1.165, 1.54) is 36.1 Å². The third kappa shape index (κ3) is 3.58. The Bertz CT molecular complexity index is 652. The van der Waals surface area contributed by atoms with E-state index in [0.29, 0.717) is 11.7 Å². The topological polar surface area (TPSA) is 24.1 Å². The summed E-state index contributed by atoms with van der Waals surface area (Å²) >= 11 is 5.29. The fourth-order valence-electron chi connectivity index (χ4n) is 2.61. The van der Waals surface area contributed by atoms with Crippen molar-refractivity contribution >= 4 is 23.0 Å². The predicted octanol–water partition coefficient (Wildman–Crippen LogP) is 3.80. The lowest BCUT2D eigenvalue weighted by Gasteiger charge is -2.11. The minimum absolute atomic E-state index is 0.224. The van der Waals surface area contributed by atoms with Gasteiger partial charge in [0.25, 0.3) is 0 Å². The Morgan fingerprint density at radius 3 is 2.62 bits per heavy atom. The first-order valence-corrected chi connectivity index (χ1v) is 7.52. The van der Waals surface area contributed by atoms with Crippen LogP contribution in [0.4, 0.5) is 10.1 Å². The summed E-state index contributed by atoms with van der Waals surface area (Å²) in [4.78, 5) is 0. The van der Waals surface area contributed by atoms with Gasteiger partial charge in [-0.25, -0.2) is 4.39 Å². The summed E-state index contributed by atoms with van der Waals surface area (Å²) in [6.07, 6.45) is 3.58. The first-order valence-electron chi connectivity index (χ1n) is 7.12. The average molecular weight is 300 g/mol. The van der Waals surface area contributed by atoms with Gasteiger partial charge in [-0.1, -0.05) is 18.2 Å². The van der Waals surface area contributed by atoms with Crippen LogP contribution in [0.3, 0.4) is 0 Å². The number of thiocarbonyl (C=S) groups is 1. The lowest BCUT2D eigenvalue weighted by molar-refractivity contribution is 0.627. The van der Waals surface area contributed by atoms with E-state index in [1.54, 1.807) is 12.1 Å². The smallest absolute Gasteiger partial charge is 0.171 e. The molecule has 0 aliphatic heterocycles. The summed E-state index contributed by atoms with van der Waals surface area (Å²) < 4.78 is 12.8. The Morgan fingerprint density at radius 1 is 1.05 bits per heavy atom. The molecule has 0 atom stereocenters. The lowest BCUT2D eigenvalue weighted by atomic mass is 10.1. The number of anilines is 1. The van der Waals surface area contributed by atoms with E-state index < -0.39 is 0 Å². The van der Waals surface area contributed by atoms with Crippen molar-refractivity contribution in [1.82, 2.24) is 5.32 Å². The fraction of sp³-hybridized carbons (Fsp3) is 0.235. The summed E-state index contributed by atoms with van der Waals surface area (Å²) in [5.74, 6) is -0.224. The van der Waals surface area contributed by atoms with Gasteiger partial charge in [-0.2, -0.15) is 0 Å².